The van der Waals surface area contributed by atoms with Crippen LogP contribution in [0.25, 0.3) is 11.1 Å². The van der Waals surface area contributed by atoms with Crippen molar-refractivity contribution >= 4 is 17.6 Å². The number of para-hydroxylation sites is 1. The molecular weight excluding hydrogens is 254 g/mol. The molecule has 1 aliphatic rings. The molecule has 0 radical (unpaired) electrons. The topological polar surface area (TPSA) is 67.5 Å². The van der Waals surface area contributed by atoms with E-state index >= 15 is 0 Å². The highest BCUT2D eigenvalue weighted by Gasteiger charge is 2.15. The summed E-state index contributed by atoms with van der Waals surface area (Å²) in [4.78, 5) is 15.0. The van der Waals surface area contributed by atoms with E-state index in [1.807, 2.05) is 24.4 Å². The number of benzodiazepines with no additional fused rings is 1. The molecule has 0 bridgehead atoms. The number of nitrogens with one attached hydrogen (secondary N) is 1. The van der Waals surface area contributed by atoms with Gasteiger partial charge in [-0.2, -0.15) is 0 Å². The summed E-state index contributed by atoms with van der Waals surface area (Å²) in [5.41, 5.74) is 3.53. The van der Waals surface area contributed by atoms with Crippen LogP contribution in [-0.2, 0) is 0 Å². The highest BCUT2D eigenvalue weighted by molar-refractivity contribution is 5.91. The van der Waals surface area contributed by atoms with E-state index in [4.69, 9.17) is 0 Å². The van der Waals surface area contributed by atoms with E-state index in [2.05, 4.69) is 10.3 Å². The minimum Gasteiger partial charge on any atom is -0.383 e. The monoisotopic (exact) mass is 267 g/mol. The zero-order valence-electron chi connectivity index (χ0n) is 10.7. The lowest BCUT2D eigenvalue weighted by Gasteiger charge is -2.09. The van der Waals surface area contributed by atoms with Crippen LogP contribution >= 0.6 is 0 Å². The molecule has 100 valence electrons. The summed E-state index contributed by atoms with van der Waals surface area (Å²) in [6.45, 7) is 1.53. The molecule has 0 aromatic heterocycles. The lowest BCUT2D eigenvalue weighted by molar-refractivity contribution is -0.384. The Balaban J connectivity index is 2.12. The van der Waals surface area contributed by atoms with Crippen LogP contribution in [0.1, 0.15) is 5.56 Å². The Labute approximate surface area is 116 Å². The van der Waals surface area contributed by atoms with Crippen LogP contribution in [0, 0.1) is 10.1 Å². The Morgan fingerprint density at radius 3 is 2.90 bits per heavy atom. The maximum Gasteiger partial charge on any atom is 0.277 e. The maximum atomic E-state index is 11.1. The van der Waals surface area contributed by atoms with Crippen LogP contribution < -0.4 is 5.32 Å². The molecule has 5 heteroatoms. The molecule has 0 spiro atoms. The molecule has 2 aromatic carbocycles. The van der Waals surface area contributed by atoms with Gasteiger partial charge < -0.3 is 5.32 Å². The Hall–Kier alpha value is -2.69. The molecule has 1 aliphatic heterocycles. The second-order valence-corrected chi connectivity index (χ2v) is 4.54. The van der Waals surface area contributed by atoms with E-state index in [9.17, 15) is 10.1 Å². The Morgan fingerprint density at radius 2 is 2.05 bits per heavy atom. The molecule has 0 atom stereocenters. The first-order valence-electron chi connectivity index (χ1n) is 6.37. The number of nitro benzene ring substituents is 1. The van der Waals surface area contributed by atoms with Crippen molar-refractivity contribution in [1.82, 2.24) is 0 Å². The fourth-order valence-electron chi connectivity index (χ4n) is 2.29. The molecular formula is C15H13N3O2. The maximum absolute atomic E-state index is 11.1. The van der Waals surface area contributed by atoms with Gasteiger partial charge in [0.05, 0.1) is 17.0 Å². The van der Waals surface area contributed by atoms with Gasteiger partial charge in [-0.1, -0.05) is 18.2 Å². The molecule has 0 unspecified atom stereocenters. The summed E-state index contributed by atoms with van der Waals surface area (Å²) in [7, 11) is 0. The Morgan fingerprint density at radius 1 is 1.20 bits per heavy atom. The summed E-state index contributed by atoms with van der Waals surface area (Å²) < 4.78 is 0. The van der Waals surface area contributed by atoms with Crippen LogP contribution in [0.2, 0.25) is 0 Å². The summed E-state index contributed by atoms with van der Waals surface area (Å²) in [6.07, 6.45) is 1.81. The average molecular weight is 267 g/mol. The number of aliphatic imine (C=N–C) groups is 1. The van der Waals surface area contributed by atoms with Crippen molar-refractivity contribution in [3.05, 3.63) is 58.1 Å². The number of nitrogens with zero attached hydrogens (tertiary/aromatic N) is 2. The molecule has 20 heavy (non-hydrogen) atoms. The molecule has 3 rings (SSSR count). The van der Waals surface area contributed by atoms with Crippen molar-refractivity contribution in [2.24, 2.45) is 4.99 Å². The molecule has 2 aromatic rings. The third-order valence-corrected chi connectivity index (χ3v) is 3.25. The van der Waals surface area contributed by atoms with E-state index in [0.717, 1.165) is 29.9 Å². The standard InChI is InChI=1S/C15H13N3O2/c19-18(20)15-4-2-1-3-13(15)11-5-6-14-12(9-11)10-16-7-8-17-14/h1-6,9-10,17H,7-8H2. The van der Waals surface area contributed by atoms with Gasteiger partial charge >= 0.3 is 0 Å². The second-order valence-electron chi connectivity index (χ2n) is 4.54. The number of nitro groups is 1. The van der Waals surface area contributed by atoms with Gasteiger partial charge in [-0.15, -0.1) is 0 Å². The molecule has 0 saturated carbocycles. The normalized spacial score (nSPS) is 13.2. The van der Waals surface area contributed by atoms with E-state index in [0.29, 0.717) is 5.56 Å². The van der Waals surface area contributed by atoms with Crippen LogP contribution in [-0.4, -0.2) is 24.2 Å². The zero-order valence-corrected chi connectivity index (χ0v) is 10.7. The fraction of sp³-hybridized carbons (Fsp3) is 0.133. The molecule has 1 heterocycles. The SMILES string of the molecule is O=[N+]([O-])c1ccccc1-c1ccc2c(c1)C=NCCN2. The van der Waals surface area contributed by atoms with Crippen LogP contribution in [0.15, 0.2) is 47.5 Å². The first kappa shape index (κ1) is 12.3. The quantitative estimate of drug-likeness (QED) is 0.671. The van der Waals surface area contributed by atoms with E-state index < -0.39 is 0 Å². The lowest BCUT2D eigenvalue weighted by Crippen LogP contribution is -2.03. The molecule has 0 fully saturated rings. The average Bonchev–Trinajstić information content (AvgIpc) is 2.71. The van der Waals surface area contributed by atoms with Crippen LogP contribution in [0.5, 0.6) is 0 Å². The fourth-order valence-corrected chi connectivity index (χ4v) is 2.29. The highest BCUT2D eigenvalue weighted by Crippen LogP contribution is 2.31. The van der Waals surface area contributed by atoms with Gasteiger partial charge in [0.25, 0.3) is 5.69 Å². The van der Waals surface area contributed by atoms with Gasteiger partial charge in [-0.3, -0.25) is 15.1 Å². The number of hydrogen-bond acceptors (Lipinski definition) is 4. The van der Waals surface area contributed by atoms with Gasteiger partial charge in [0, 0.05) is 30.1 Å². The van der Waals surface area contributed by atoms with Crippen LogP contribution in [0.3, 0.4) is 0 Å². The van der Waals surface area contributed by atoms with Gasteiger partial charge in [0.2, 0.25) is 0 Å². The molecule has 0 saturated heterocycles. The predicted molar refractivity (Wildman–Crippen MR) is 79.5 cm³/mol. The smallest absolute Gasteiger partial charge is 0.277 e. The van der Waals surface area contributed by atoms with E-state index in [1.54, 1.807) is 18.2 Å². The molecule has 1 N–H and O–H groups in total. The number of anilines is 1. The van der Waals surface area contributed by atoms with Crippen LogP contribution in [0.4, 0.5) is 11.4 Å². The first-order valence-corrected chi connectivity index (χ1v) is 6.37. The highest BCUT2D eigenvalue weighted by atomic mass is 16.6. The van der Waals surface area contributed by atoms with Crippen molar-refractivity contribution in [2.45, 2.75) is 0 Å². The molecule has 0 amide bonds. The summed E-state index contributed by atoms with van der Waals surface area (Å²) in [5, 5.41) is 14.4. The zero-order chi connectivity index (χ0) is 13.9. The van der Waals surface area contributed by atoms with Gasteiger partial charge in [-0.25, -0.2) is 0 Å². The van der Waals surface area contributed by atoms with E-state index in [1.165, 1.54) is 6.07 Å². The van der Waals surface area contributed by atoms with Gasteiger partial charge in [0.1, 0.15) is 0 Å². The van der Waals surface area contributed by atoms with Crippen molar-refractivity contribution < 1.29 is 4.92 Å². The van der Waals surface area contributed by atoms with Crippen molar-refractivity contribution in [2.75, 3.05) is 18.4 Å². The summed E-state index contributed by atoms with van der Waals surface area (Å²) in [6, 6.07) is 12.5. The number of benzene rings is 2. The lowest BCUT2D eigenvalue weighted by atomic mass is 10.0. The third-order valence-electron chi connectivity index (χ3n) is 3.25. The van der Waals surface area contributed by atoms with Crippen molar-refractivity contribution in [3.63, 3.8) is 0 Å². The number of hydrogen-bond donors (Lipinski definition) is 1. The second kappa shape index (κ2) is 5.13. The molecule has 0 aliphatic carbocycles. The van der Waals surface area contributed by atoms with E-state index in [-0.39, 0.29) is 10.6 Å². The number of rotatable bonds is 2. The third kappa shape index (κ3) is 2.25. The Bertz CT molecular complexity index is 695. The summed E-state index contributed by atoms with van der Waals surface area (Å²) >= 11 is 0. The Kier molecular flexibility index (Phi) is 3.16. The predicted octanol–water partition coefficient (Wildman–Crippen LogP) is 3.11. The van der Waals surface area contributed by atoms with Crippen molar-refractivity contribution in [3.8, 4) is 11.1 Å². The molecule has 5 nitrogen and oxygen atoms in total. The largest absolute Gasteiger partial charge is 0.383 e. The number of fused-ring (bicyclic) bond motifs is 1. The first-order chi connectivity index (χ1) is 9.75. The minimum absolute atomic E-state index is 0.117. The van der Waals surface area contributed by atoms with Crippen molar-refractivity contribution in [1.29, 1.82) is 0 Å². The van der Waals surface area contributed by atoms with Gasteiger partial charge in [0.15, 0.2) is 0 Å². The van der Waals surface area contributed by atoms with Gasteiger partial charge in [-0.05, 0) is 23.8 Å². The summed E-state index contributed by atoms with van der Waals surface area (Å²) in [5.74, 6) is 0. The minimum atomic E-state index is -0.354.